The Morgan fingerprint density at radius 1 is 1.08 bits per heavy atom. The molecule has 11 heteroatoms. The van der Waals surface area contributed by atoms with Gasteiger partial charge in [0.25, 0.3) is 5.91 Å². The number of nitrogens with one attached hydrogen (secondary N) is 1. The maximum absolute atomic E-state index is 14.4. The lowest BCUT2D eigenvalue weighted by molar-refractivity contribution is -0.265. The highest BCUT2D eigenvalue weighted by atomic mass is 19.4. The number of aliphatic hydroxyl groups is 1. The molecule has 7 nitrogen and oxygen atoms in total. The number of nitrogens with two attached hydrogens (primary N) is 1. The maximum Gasteiger partial charge on any atom is 0.424 e. The number of benzene rings is 2. The Morgan fingerprint density at radius 3 is 2.31 bits per heavy atom. The van der Waals surface area contributed by atoms with Crippen molar-refractivity contribution in [3.8, 4) is 22.8 Å². The van der Waals surface area contributed by atoms with Crippen molar-refractivity contribution in [2.24, 2.45) is 5.73 Å². The van der Waals surface area contributed by atoms with Gasteiger partial charge in [0, 0.05) is 16.7 Å². The van der Waals surface area contributed by atoms with E-state index in [1.54, 1.807) is 13.8 Å². The molecule has 3 aromatic rings. The second-order valence-electron chi connectivity index (χ2n) is 10.1. The van der Waals surface area contributed by atoms with Crippen molar-refractivity contribution in [1.29, 1.82) is 0 Å². The third-order valence-corrected chi connectivity index (χ3v) is 6.35. The summed E-state index contributed by atoms with van der Waals surface area (Å²) in [6, 6.07) is 11.8. The third kappa shape index (κ3) is 6.31. The zero-order chi connectivity index (χ0) is 28.6. The first-order chi connectivity index (χ1) is 18.2. The van der Waals surface area contributed by atoms with Gasteiger partial charge in [-0.3, -0.25) is 4.79 Å². The van der Waals surface area contributed by atoms with Crippen LogP contribution in [0.15, 0.2) is 54.6 Å². The summed E-state index contributed by atoms with van der Waals surface area (Å²) >= 11 is 0. The zero-order valence-electron chi connectivity index (χ0n) is 21.6. The Morgan fingerprint density at radius 2 is 1.74 bits per heavy atom. The van der Waals surface area contributed by atoms with E-state index in [-0.39, 0.29) is 28.7 Å². The van der Waals surface area contributed by atoms with Gasteiger partial charge >= 0.3 is 6.18 Å². The minimum Gasteiger partial charge on any atom is -0.493 e. The molecule has 208 valence electrons. The lowest BCUT2D eigenvalue weighted by atomic mass is 9.89. The monoisotopic (exact) mass is 547 g/mol. The van der Waals surface area contributed by atoms with Gasteiger partial charge in [0.15, 0.2) is 11.5 Å². The van der Waals surface area contributed by atoms with Gasteiger partial charge in [0.05, 0.1) is 31.1 Å². The number of amides is 1. The predicted molar refractivity (Wildman–Crippen MR) is 136 cm³/mol. The molecule has 1 aromatic heterocycles. The van der Waals surface area contributed by atoms with Crippen molar-refractivity contribution >= 4 is 5.91 Å². The molecule has 0 spiro atoms. The first-order valence-electron chi connectivity index (χ1n) is 12.2. The highest BCUT2D eigenvalue weighted by Crippen LogP contribution is 2.40. The fourth-order valence-corrected chi connectivity index (χ4v) is 3.80. The summed E-state index contributed by atoms with van der Waals surface area (Å²) in [7, 11) is 1.38. The smallest absolute Gasteiger partial charge is 0.424 e. The van der Waals surface area contributed by atoms with Crippen molar-refractivity contribution in [1.82, 2.24) is 10.3 Å². The first-order valence-corrected chi connectivity index (χ1v) is 12.2. The number of carbonyl (C=O) groups excluding carboxylic acids is 1. The molecular formula is C28H29F4N3O4. The van der Waals surface area contributed by atoms with Crippen molar-refractivity contribution in [3.05, 3.63) is 77.2 Å². The summed E-state index contributed by atoms with van der Waals surface area (Å²) in [5, 5.41) is 13.2. The lowest BCUT2D eigenvalue weighted by Gasteiger charge is -2.32. The summed E-state index contributed by atoms with van der Waals surface area (Å²) in [5.41, 5.74) is 1.35. The fourth-order valence-electron chi connectivity index (χ4n) is 3.80. The quantitative estimate of drug-likeness (QED) is 0.332. The lowest BCUT2D eigenvalue weighted by Crippen LogP contribution is -2.51. The minimum absolute atomic E-state index is 0.0105. The molecule has 0 aliphatic heterocycles. The Kier molecular flexibility index (Phi) is 7.59. The van der Waals surface area contributed by atoms with Crippen LogP contribution in [0.4, 0.5) is 17.6 Å². The molecular weight excluding hydrogens is 518 g/mol. The van der Waals surface area contributed by atoms with Gasteiger partial charge < -0.3 is 25.6 Å². The number of alkyl halides is 3. The summed E-state index contributed by atoms with van der Waals surface area (Å²) in [4.78, 5) is 16.9. The van der Waals surface area contributed by atoms with Crippen LogP contribution >= 0.6 is 0 Å². The van der Waals surface area contributed by atoms with Gasteiger partial charge in [-0.1, -0.05) is 0 Å². The van der Waals surface area contributed by atoms with E-state index in [4.69, 9.17) is 15.2 Å². The number of pyridine rings is 1. The molecule has 1 atom stereocenters. The molecule has 1 fully saturated rings. The van der Waals surface area contributed by atoms with E-state index < -0.39 is 41.3 Å². The number of nitrogens with zero attached hydrogens (tertiary/aromatic N) is 1. The van der Waals surface area contributed by atoms with Crippen LogP contribution in [0.5, 0.6) is 11.5 Å². The molecule has 1 heterocycles. The van der Waals surface area contributed by atoms with Crippen LogP contribution in [0.2, 0.25) is 0 Å². The van der Waals surface area contributed by atoms with Crippen LogP contribution in [0.25, 0.3) is 11.3 Å². The van der Waals surface area contributed by atoms with E-state index in [1.165, 1.54) is 43.5 Å². The summed E-state index contributed by atoms with van der Waals surface area (Å²) in [6.07, 6.45) is -3.35. The topological polar surface area (TPSA) is 107 Å². The van der Waals surface area contributed by atoms with Gasteiger partial charge in [0.1, 0.15) is 5.82 Å². The molecule has 0 radical (unpaired) electrons. The largest absolute Gasteiger partial charge is 0.493 e. The van der Waals surface area contributed by atoms with Crippen LogP contribution in [-0.2, 0) is 11.1 Å². The molecule has 1 saturated carbocycles. The molecule has 2 aromatic carbocycles. The van der Waals surface area contributed by atoms with Crippen molar-refractivity contribution in [3.63, 3.8) is 0 Å². The molecule has 0 saturated heterocycles. The number of carbonyl (C=O) groups is 1. The Balaban J connectivity index is 1.67. The molecule has 1 aliphatic rings. The van der Waals surface area contributed by atoms with Crippen molar-refractivity contribution in [2.75, 3.05) is 13.7 Å². The fraction of sp³-hybridized carbons (Fsp3) is 0.357. The molecule has 1 aliphatic carbocycles. The molecule has 0 unspecified atom stereocenters. The molecule has 4 rings (SSSR count). The zero-order valence-corrected chi connectivity index (χ0v) is 21.6. The minimum atomic E-state index is -5.23. The molecule has 0 bridgehead atoms. The van der Waals surface area contributed by atoms with Gasteiger partial charge in [-0.2, -0.15) is 13.2 Å². The first kappa shape index (κ1) is 28.3. The Bertz CT molecular complexity index is 1350. The van der Waals surface area contributed by atoms with E-state index >= 15 is 0 Å². The van der Waals surface area contributed by atoms with Crippen molar-refractivity contribution in [2.45, 2.75) is 50.1 Å². The normalized spacial score (nSPS) is 15.4. The standard InChI is InChI=1S/C28H29F4N3O4/c1-26(2,33)18-13-21(16-4-7-19(29)8-5-16)35-24(14-18)27(37,28(30,31)32)15-34-25(36)17-6-11-22(23(12-17)38-3)39-20-9-10-20/h4-8,11-14,20,37H,9-10,15,33H2,1-3H3,(H,34,36)/t27-/m0/s1. The number of ether oxygens (including phenoxy) is 2. The molecule has 1 amide bonds. The Hall–Kier alpha value is -3.70. The number of rotatable bonds is 9. The predicted octanol–water partition coefficient (Wildman–Crippen LogP) is 4.81. The van der Waals surface area contributed by atoms with Crippen LogP contribution in [0.3, 0.4) is 0 Å². The van der Waals surface area contributed by atoms with E-state index in [0.717, 1.165) is 31.0 Å². The highest BCUT2D eigenvalue weighted by Gasteiger charge is 2.56. The van der Waals surface area contributed by atoms with E-state index in [0.29, 0.717) is 11.3 Å². The average Bonchev–Trinajstić information content (AvgIpc) is 3.70. The second kappa shape index (κ2) is 10.5. The van der Waals surface area contributed by atoms with E-state index in [1.807, 2.05) is 0 Å². The maximum atomic E-state index is 14.4. The molecule has 39 heavy (non-hydrogen) atoms. The van der Waals surface area contributed by atoms with Crippen LogP contribution in [0.1, 0.15) is 48.3 Å². The van der Waals surface area contributed by atoms with Gasteiger partial charge in [-0.15, -0.1) is 0 Å². The number of aromatic nitrogens is 1. The summed E-state index contributed by atoms with van der Waals surface area (Å²) in [6.45, 7) is 1.93. The van der Waals surface area contributed by atoms with Gasteiger partial charge in [-0.05, 0) is 86.8 Å². The number of methoxy groups -OCH3 is 1. The average molecular weight is 548 g/mol. The van der Waals surface area contributed by atoms with Crippen LogP contribution in [0, 0.1) is 5.82 Å². The van der Waals surface area contributed by atoms with Crippen LogP contribution < -0.4 is 20.5 Å². The molecule has 4 N–H and O–H groups in total. The van der Waals surface area contributed by atoms with E-state index in [9.17, 15) is 27.5 Å². The SMILES string of the molecule is COc1cc(C(=O)NC[C@](O)(c2cc(C(C)(C)N)cc(-c3ccc(F)cc3)n2)C(F)(F)F)ccc1OC1CC1. The second-order valence-corrected chi connectivity index (χ2v) is 10.1. The van der Waals surface area contributed by atoms with Gasteiger partial charge in [-0.25, -0.2) is 9.37 Å². The van der Waals surface area contributed by atoms with Crippen LogP contribution in [-0.4, -0.2) is 41.9 Å². The summed E-state index contributed by atoms with van der Waals surface area (Å²) in [5.74, 6) is -0.734. The van der Waals surface area contributed by atoms with Crippen molar-refractivity contribution < 1.29 is 36.9 Å². The van der Waals surface area contributed by atoms with E-state index in [2.05, 4.69) is 10.3 Å². The third-order valence-electron chi connectivity index (χ3n) is 6.35. The summed E-state index contributed by atoms with van der Waals surface area (Å²) < 4.78 is 67.6. The number of hydrogen-bond acceptors (Lipinski definition) is 6. The Labute approximate surface area is 223 Å². The highest BCUT2D eigenvalue weighted by molar-refractivity contribution is 5.95. The van der Waals surface area contributed by atoms with Gasteiger partial charge in [0.2, 0.25) is 5.60 Å². The number of halogens is 4. The number of hydrogen-bond donors (Lipinski definition) is 3.